The van der Waals surface area contributed by atoms with Crippen LogP contribution in [-0.2, 0) is 0 Å². The second-order valence-corrected chi connectivity index (χ2v) is 3.13. The normalized spacial score (nSPS) is 9.33. The molecular weight excluding hydrogens is 190 g/mol. The van der Waals surface area contributed by atoms with Gasteiger partial charge < -0.3 is 5.32 Å². The Kier molecular flexibility index (Phi) is 4.30. The fourth-order valence-corrected chi connectivity index (χ4v) is 1.09. The van der Waals surface area contributed by atoms with Crippen LogP contribution in [-0.4, -0.2) is 17.4 Å². The summed E-state index contributed by atoms with van der Waals surface area (Å²) in [5.74, 6) is -0.222. The van der Waals surface area contributed by atoms with E-state index in [9.17, 15) is 4.79 Å². The van der Waals surface area contributed by atoms with E-state index in [1.807, 2.05) is 6.07 Å². The van der Waals surface area contributed by atoms with Gasteiger partial charge >= 0.3 is 0 Å². The number of nitriles is 1. The fraction of sp³-hybridized carbons (Fsp3) is 0.364. The molecule has 0 spiro atoms. The minimum absolute atomic E-state index is 0.222. The highest BCUT2D eigenvalue weighted by molar-refractivity contribution is 5.92. The van der Waals surface area contributed by atoms with Gasteiger partial charge in [0.1, 0.15) is 17.5 Å². The molecule has 0 aliphatic rings. The molecule has 0 aliphatic carbocycles. The number of rotatable bonds is 4. The molecule has 78 valence electrons. The number of amides is 1. The number of hydrogen-bond donors (Lipinski definition) is 1. The van der Waals surface area contributed by atoms with Crippen molar-refractivity contribution in [2.24, 2.45) is 0 Å². The predicted molar refractivity (Wildman–Crippen MR) is 56.2 cm³/mol. The van der Waals surface area contributed by atoms with Crippen molar-refractivity contribution >= 4 is 5.91 Å². The van der Waals surface area contributed by atoms with Gasteiger partial charge in [-0.2, -0.15) is 5.26 Å². The van der Waals surface area contributed by atoms with E-state index in [2.05, 4.69) is 17.2 Å². The summed E-state index contributed by atoms with van der Waals surface area (Å²) in [5, 5.41) is 11.4. The summed E-state index contributed by atoms with van der Waals surface area (Å²) in [5.41, 5.74) is 0.559. The van der Waals surface area contributed by atoms with Crippen molar-refractivity contribution in [3.63, 3.8) is 0 Å². The molecular formula is C11H13N3O. The molecule has 0 unspecified atom stereocenters. The van der Waals surface area contributed by atoms with Crippen LogP contribution in [0.15, 0.2) is 18.2 Å². The highest BCUT2D eigenvalue weighted by Gasteiger charge is 2.06. The number of carbonyl (C=O) groups is 1. The summed E-state index contributed by atoms with van der Waals surface area (Å²) >= 11 is 0. The molecule has 1 amide bonds. The van der Waals surface area contributed by atoms with Crippen molar-refractivity contribution in [1.82, 2.24) is 10.3 Å². The lowest BCUT2D eigenvalue weighted by Crippen LogP contribution is -2.25. The third-order valence-electron chi connectivity index (χ3n) is 1.91. The summed E-state index contributed by atoms with van der Waals surface area (Å²) in [6.07, 6.45) is 1.98. The van der Waals surface area contributed by atoms with Crippen LogP contribution in [0.4, 0.5) is 0 Å². The van der Waals surface area contributed by atoms with Gasteiger partial charge in [-0.15, -0.1) is 0 Å². The number of hydrogen-bond acceptors (Lipinski definition) is 3. The number of carbonyl (C=O) groups excluding carboxylic acids is 1. The average Bonchev–Trinajstić information content (AvgIpc) is 2.29. The second kappa shape index (κ2) is 5.76. The van der Waals surface area contributed by atoms with E-state index in [1.165, 1.54) is 0 Å². The van der Waals surface area contributed by atoms with Gasteiger partial charge in [0.05, 0.1) is 0 Å². The van der Waals surface area contributed by atoms with Crippen molar-refractivity contribution < 1.29 is 4.79 Å². The molecule has 0 fully saturated rings. The molecule has 1 rings (SSSR count). The highest BCUT2D eigenvalue weighted by Crippen LogP contribution is 1.98. The number of nitrogens with one attached hydrogen (secondary N) is 1. The van der Waals surface area contributed by atoms with Crippen LogP contribution in [0.1, 0.15) is 35.9 Å². The average molecular weight is 203 g/mol. The smallest absolute Gasteiger partial charge is 0.269 e. The summed E-state index contributed by atoms with van der Waals surface area (Å²) in [4.78, 5) is 15.4. The van der Waals surface area contributed by atoms with Crippen LogP contribution in [0.25, 0.3) is 0 Å². The lowest BCUT2D eigenvalue weighted by atomic mass is 10.3. The van der Waals surface area contributed by atoms with E-state index in [-0.39, 0.29) is 11.6 Å². The predicted octanol–water partition coefficient (Wildman–Crippen LogP) is 1.48. The van der Waals surface area contributed by atoms with Gasteiger partial charge in [-0.3, -0.25) is 4.79 Å². The molecule has 0 aliphatic heterocycles. The first-order chi connectivity index (χ1) is 7.27. The fourth-order valence-electron chi connectivity index (χ4n) is 1.09. The Morgan fingerprint density at radius 1 is 1.60 bits per heavy atom. The maximum Gasteiger partial charge on any atom is 0.269 e. The van der Waals surface area contributed by atoms with Crippen LogP contribution in [0.2, 0.25) is 0 Å². The largest absolute Gasteiger partial charge is 0.351 e. The third-order valence-corrected chi connectivity index (χ3v) is 1.91. The minimum Gasteiger partial charge on any atom is -0.351 e. The van der Waals surface area contributed by atoms with Crippen LogP contribution in [0.3, 0.4) is 0 Å². The molecule has 0 aromatic carbocycles. The van der Waals surface area contributed by atoms with Crippen LogP contribution >= 0.6 is 0 Å². The standard InChI is InChI=1S/C11H13N3O/c1-2-3-7-13-11(15)10-6-4-5-9(8-12)14-10/h4-6H,2-3,7H2,1H3,(H,13,15). The summed E-state index contributed by atoms with van der Waals surface area (Å²) in [7, 11) is 0. The SMILES string of the molecule is CCCCNC(=O)c1cccc(C#N)n1. The molecule has 0 atom stereocenters. The Labute approximate surface area is 88.9 Å². The molecule has 1 aromatic rings. The van der Waals surface area contributed by atoms with E-state index in [1.54, 1.807) is 18.2 Å². The van der Waals surface area contributed by atoms with E-state index in [0.29, 0.717) is 12.2 Å². The summed E-state index contributed by atoms with van der Waals surface area (Å²) in [6.45, 7) is 2.70. The Morgan fingerprint density at radius 3 is 3.07 bits per heavy atom. The van der Waals surface area contributed by atoms with Gasteiger partial charge in [0.2, 0.25) is 0 Å². The molecule has 1 heterocycles. The Bertz CT molecular complexity index is 382. The van der Waals surface area contributed by atoms with Gasteiger partial charge in [0.15, 0.2) is 0 Å². The number of unbranched alkanes of at least 4 members (excludes halogenated alkanes) is 1. The topological polar surface area (TPSA) is 65.8 Å². The summed E-state index contributed by atoms with van der Waals surface area (Å²) < 4.78 is 0. The highest BCUT2D eigenvalue weighted by atomic mass is 16.1. The lowest BCUT2D eigenvalue weighted by Gasteiger charge is -2.02. The lowest BCUT2D eigenvalue weighted by molar-refractivity contribution is 0.0948. The zero-order chi connectivity index (χ0) is 11.1. The maximum atomic E-state index is 11.5. The van der Waals surface area contributed by atoms with Crippen LogP contribution in [0.5, 0.6) is 0 Å². The van der Waals surface area contributed by atoms with Crippen molar-refractivity contribution in [3.05, 3.63) is 29.6 Å². The zero-order valence-electron chi connectivity index (χ0n) is 8.66. The summed E-state index contributed by atoms with van der Waals surface area (Å²) in [6, 6.07) is 6.72. The third kappa shape index (κ3) is 3.39. The first-order valence-electron chi connectivity index (χ1n) is 4.93. The molecule has 0 radical (unpaired) electrons. The van der Waals surface area contributed by atoms with E-state index < -0.39 is 0 Å². The Hall–Kier alpha value is -1.89. The van der Waals surface area contributed by atoms with Gasteiger partial charge in [-0.05, 0) is 18.6 Å². The van der Waals surface area contributed by atoms with Crippen LogP contribution < -0.4 is 5.32 Å². The molecule has 0 bridgehead atoms. The number of aromatic nitrogens is 1. The number of pyridine rings is 1. The van der Waals surface area contributed by atoms with Gasteiger partial charge in [-0.25, -0.2) is 4.98 Å². The van der Waals surface area contributed by atoms with Crippen molar-refractivity contribution in [1.29, 1.82) is 5.26 Å². The van der Waals surface area contributed by atoms with Gasteiger partial charge in [-0.1, -0.05) is 19.4 Å². The molecule has 1 N–H and O–H groups in total. The van der Waals surface area contributed by atoms with Crippen molar-refractivity contribution in [3.8, 4) is 6.07 Å². The van der Waals surface area contributed by atoms with Crippen molar-refractivity contribution in [2.75, 3.05) is 6.54 Å². The van der Waals surface area contributed by atoms with Gasteiger partial charge in [0.25, 0.3) is 5.91 Å². The first-order valence-corrected chi connectivity index (χ1v) is 4.93. The minimum atomic E-state index is -0.222. The molecule has 0 saturated carbocycles. The first kappa shape index (κ1) is 11.2. The van der Waals surface area contributed by atoms with Gasteiger partial charge in [0, 0.05) is 6.54 Å². The Balaban J connectivity index is 2.62. The van der Waals surface area contributed by atoms with E-state index in [4.69, 9.17) is 5.26 Å². The maximum absolute atomic E-state index is 11.5. The number of nitrogens with zero attached hydrogens (tertiary/aromatic N) is 2. The van der Waals surface area contributed by atoms with E-state index in [0.717, 1.165) is 12.8 Å². The Morgan fingerprint density at radius 2 is 2.40 bits per heavy atom. The van der Waals surface area contributed by atoms with E-state index >= 15 is 0 Å². The molecule has 4 nitrogen and oxygen atoms in total. The second-order valence-electron chi connectivity index (χ2n) is 3.13. The van der Waals surface area contributed by atoms with Crippen LogP contribution in [0, 0.1) is 11.3 Å². The quantitative estimate of drug-likeness (QED) is 0.754. The molecule has 1 aromatic heterocycles. The molecule has 4 heteroatoms. The molecule has 15 heavy (non-hydrogen) atoms. The molecule has 0 saturated heterocycles. The monoisotopic (exact) mass is 203 g/mol. The zero-order valence-corrected chi connectivity index (χ0v) is 8.66. The van der Waals surface area contributed by atoms with Crippen molar-refractivity contribution in [2.45, 2.75) is 19.8 Å².